The molecule has 0 amide bonds. The Morgan fingerprint density at radius 3 is 1.53 bits per heavy atom. The summed E-state index contributed by atoms with van der Waals surface area (Å²) in [7, 11) is 0. The third-order valence-corrected chi connectivity index (χ3v) is 4.42. The van der Waals surface area contributed by atoms with Crippen LogP contribution in [0.15, 0.2) is 24.3 Å². The molecule has 0 saturated carbocycles. The van der Waals surface area contributed by atoms with Crippen LogP contribution in [-0.4, -0.2) is 75.0 Å². The molecule has 2 fully saturated rings. The molecule has 8 nitrogen and oxygen atoms in total. The van der Waals surface area contributed by atoms with Gasteiger partial charge in [-0.2, -0.15) is 0 Å². The predicted molar refractivity (Wildman–Crippen MR) is 107 cm³/mol. The van der Waals surface area contributed by atoms with E-state index >= 15 is 0 Å². The molecule has 1 aromatic rings. The SMILES string of the molecule is CC(C)(COCC1CO1)OC(=O)c1ccccc1C(=O)OC(C)(C)COCC1CO1. The molecule has 1 aromatic carbocycles. The molecule has 0 aliphatic carbocycles. The zero-order chi connectivity index (χ0) is 21.8. The van der Waals surface area contributed by atoms with Crippen LogP contribution in [0.1, 0.15) is 48.4 Å². The van der Waals surface area contributed by atoms with Crippen LogP contribution in [0.2, 0.25) is 0 Å². The van der Waals surface area contributed by atoms with Crippen LogP contribution in [0.4, 0.5) is 0 Å². The van der Waals surface area contributed by atoms with Gasteiger partial charge in [0, 0.05) is 0 Å². The third-order valence-electron chi connectivity index (χ3n) is 4.42. The molecule has 3 rings (SSSR count). The fourth-order valence-corrected chi connectivity index (χ4v) is 2.71. The van der Waals surface area contributed by atoms with E-state index in [4.69, 9.17) is 28.4 Å². The number of benzene rings is 1. The Balaban J connectivity index is 1.57. The van der Waals surface area contributed by atoms with Crippen molar-refractivity contribution in [2.24, 2.45) is 0 Å². The van der Waals surface area contributed by atoms with Gasteiger partial charge in [-0.15, -0.1) is 0 Å². The lowest BCUT2D eigenvalue weighted by Crippen LogP contribution is -2.36. The van der Waals surface area contributed by atoms with E-state index in [0.29, 0.717) is 26.4 Å². The van der Waals surface area contributed by atoms with Crippen LogP contribution in [0.5, 0.6) is 0 Å². The number of ether oxygens (including phenoxy) is 6. The Bertz CT molecular complexity index is 686. The lowest BCUT2D eigenvalue weighted by atomic mass is 10.1. The van der Waals surface area contributed by atoms with E-state index in [1.165, 1.54) is 0 Å². The minimum absolute atomic E-state index is 0.135. The van der Waals surface area contributed by atoms with Crippen molar-refractivity contribution in [1.82, 2.24) is 0 Å². The molecule has 2 aliphatic heterocycles. The summed E-state index contributed by atoms with van der Waals surface area (Å²) >= 11 is 0. The fourth-order valence-electron chi connectivity index (χ4n) is 2.71. The van der Waals surface area contributed by atoms with Gasteiger partial charge < -0.3 is 28.4 Å². The quantitative estimate of drug-likeness (QED) is 0.374. The summed E-state index contributed by atoms with van der Waals surface area (Å²) in [5.74, 6) is -1.22. The van der Waals surface area contributed by atoms with Crippen molar-refractivity contribution in [1.29, 1.82) is 0 Å². The van der Waals surface area contributed by atoms with Gasteiger partial charge in [-0.1, -0.05) is 12.1 Å². The molecule has 0 aromatic heterocycles. The molecule has 0 N–H and O–H groups in total. The first-order chi connectivity index (χ1) is 14.2. The van der Waals surface area contributed by atoms with Crippen LogP contribution in [-0.2, 0) is 28.4 Å². The number of rotatable bonds is 12. The van der Waals surface area contributed by atoms with E-state index in [2.05, 4.69) is 0 Å². The highest BCUT2D eigenvalue weighted by Gasteiger charge is 2.31. The Morgan fingerprint density at radius 2 is 1.20 bits per heavy atom. The number of esters is 2. The van der Waals surface area contributed by atoms with E-state index in [0.717, 1.165) is 0 Å². The Kier molecular flexibility index (Phi) is 7.13. The normalized spacial score (nSPS) is 20.5. The molecule has 2 saturated heterocycles. The second-order valence-corrected chi connectivity index (χ2v) is 8.78. The molecule has 2 aliphatic rings. The van der Waals surface area contributed by atoms with Crippen molar-refractivity contribution in [3.05, 3.63) is 35.4 Å². The molecule has 0 bridgehead atoms. The molecular weight excluding hydrogens is 392 g/mol. The highest BCUT2D eigenvalue weighted by Crippen LogP contribution is 2.21. The van der Waals surface area contributed by atoms with Crippen LogP contribution in [0.25, 0.3) is 0 Å². The molecule has 2 heterocycles. The summed E-state index contributed by atoms with van der Waals surface area (Å²) in [6.45, 7) is 9.79. The highest BCUT2D eigenvalue weighted by molar-refractivity contribution is 6.03. The van der Waals surface area contributed by atoms with E-state index < -0.39 is 23.1 Å². The first kappa shape index (κ1) is 22.7. The minimum Gasteiger partial charge on any atom is -0.454 e. The molecule has 0 radical (unpaired) electrons. The second kappa shape index (κ2) is 9.43. The van der Waals surface area contributed by atoms with E-state index in [-0.39, 0.29) is 36.5 Å². The lowest BCUT2D eigenvalue weighted by molar-refractivity contribution is -0.0519. The molecule has 2 unspecified atom stereocenters. The van der Waals surface area contributed by atoms with Crippen molar-refractivity contribution in [3.8, 4) is 0 Å². The Morgan fingerprint density at radius 1 is 0.833 bits per heavy atom. The van der Waals surface area contributed by atoms with Crippen molar-refractivity contribution >= 4 is 11.9 Å². The standard InChI is InChI=1S/C22H30O8/c1-21(2,13-25-9-15-11-27-15)29-19(23)17-7-5-6-8-18(17)20(24)30-22(3,4)14-26-10-16-12-28-16/h5-8,15-16H,9-14H2,1-4H3. The van der Waals surface area contributed by atoms with Gasteiger partial charge in [0.1, 0.15) is 23.4 Å². The smallest absolute Gasteiger partial charge is 0.339 e. The van der Waals surface area contributed by atoms with E-state index in [9.17, 15) is 9.59 Å². The molecule has 2 atom stereocenters. The Labute approximate surface area is 176 Å². The van der Waals surface area contributed by atoms with Crippen molar-refractivity contribution in [3.63, 3.8) is 0 Å². The average Bonchev–Trinajstić information content (AvgIpc) is 3.56. The van der Waals surface area contributed by atoms with Gasteiger partial charge in [-0.25, -0.2) is 9.59 Å². The monoisotopic (exact) mass is 422 g/mol. The van der Waals surface area contributed by atoms with Gasteiger partial charge in [0.2, 0.25) is 0 Å². The summed E-state index contributed by atoms with van der Waals surface area (Å²) in [5.41, 5.74) is -1.43. The predicted octanol–water partition coefficient (Wildman–Crippen LogP) is 2.39. The molecule has 166 valence electrons. The molecule has 8 heteroatoms. The van der Waals surface area contributed by atoms with Gasteiger partial charge >= 0.3 is 11.9 Å². The largest absolute Gasteiger partial charge is 0.454 e. The Hall–Kier alpha value is -2.00. The molecular formula is C22H30O8. The number of hydrogen-bond donors (Lipinski definition) is 0. The summed E-state index contributed by atoms with van der Waals surface area (Å²) in [6.07, 6.45) is 0.271. The maximum atomic E-state index is 12.8. The zero-order valence-corrected chi connectivity index (χ0v) is 18.0. The maximum absolute atomic E-state index is 12.8. The maximum Gasteiger partial charge on any atom is 0.339 e. The zero-order valence-electron chi connectivity index (χ0n) is 18.0. The first-order valence-corrected chi connectivity index (χ1v) is 10.1. The van der Waals surface area contributed by atoms with Crippen LogP contribution in [0.3, 0.4) is 0 Å². The van der Waals surface area contributed by atoms with Crippen LogP contribution < -0.4 is 0 Å². The van der Waals surface area contributed by atoms with Crippen molar-refractivity contribution in [2.45, 2.75) is 51.1 Å². The van der Waals surface area contributed by atoms with Gasteiger partial charge in [-0.05, 0) is 39.8 Å². The summed E-state index contributed by atoms with van der Waals surface area (Å²) in [5, 5.41) is 0. The van der Waals surface area contributed by atoms with Crippen LogP contribution in [0, 0.1) is 0 Å². The lowest BCUT2D eigenvalue weighted by Gasteiger charge is -2.27. The van der Waals surface area contributed by atoms with E-state index in [1.54, 1.807) is 52.0 Å². The topological polar surface area (TPSA) is 96.1 Å². The summed E-state index contributed by atoms with van der Waals surface area (Å²) in [4.78, 5) is 25.5. The van der Waals surface area contributed by atoms with Gasteiger partial charge in [-0.3, -0.25) is 0 Å². The van der Waals surface area contributed by atoms with E-state index in [1.807, 2.05) is 0 Å². The number of hydrogen-bond acceptors (Lipinski definition) is 8. The highest BCUT2D eigenvalue weighted by atomic mass is 16.6. The van der Waals surface area contributed by atoms with Gasteiger partial charge in [0.25, 0.3) is 0 Å². The van der Waals surface area contributed by atoms with Crippen molar-refractivity contribution < 1.29 is 38.0 Å². The first-order valence-electron chi connectivity index (χ1n) is 10.1. The fraction of sp³-hybridized carbons (Fsp3) is 0.636. The summed E-state index contributed by atoms with van der Waals surface area (Å²) < 4.78 is 32.5. The van der Waals surface area contributed by atoms with Crippen molar-refractivity contribution in [2.75, 3.05) is 39.6 Å². The number of carbonyl (C=O) groups is 2. The third kappa shape index (κ3) is 7.36. The second-order valence-electron chi connectivity index (χ2n) is 8.78. The number of carbonyl (C=O) groups excluding carboxylic acids is 2. The van der Waals surface area contributed by atoms with Crippen LogP contribution >= 0.6 is 0 Å². The average molecular weight is 422 g/mol. The summed E-state index contributed by atoms with van der Waals surface area (Å²) in [6, 6.07) is 6.43. The number of epoxide rings is 2. The minimum atomic E-state index is -0.860. The molecule has 0 spiro atoms. The molecule has 30 heavy (non-hydrogen) atoms. The van der Waals surface area contributed by atoms with Gasteiger partial charge in [0.15, 0.2) is 0 Å². The van der Waals surface area contributed by atoms with Gasteiger partial charge in [0.05, 0.1) is 50.8 Å².